The molecular formula is C13H21N5O. The third-order valence-electron chi connectivity index (χ3n) is 3.39. The van der Waals surface area contributed by atoms with Crippen molar-refractivity contribution in [3.05, 3.63) is 18.3 Å². The van der Waals surface area contributed by atoms with Gasteiger partial charge in [0.15, 0.2) is 5.82 Å². The van der Waals surface area contributed by atoms with Crippen LogP contribution in [0.3, 0.4) is 0 Å². The molecule has 6 heteroatoms. The van der Waals surface area contributed by atoms with E-state index in [0.717, 1.165) is 31.7 Å². The molecule has 1 unspecified atom stereocenters. The van der Waals surface area contributed by atoms with Crippen LogP contribution in [0.25, 0.3) is 0 Å². The Morgan fingerprint density at radius 2 is 2.16 bits per heavy atom. The zero-order valence-corrected chi connectivity index (χ0v) is 11.3. The van der Waals surface area contributed by atoms with E-state index in [1.807, 2.05) is 24.0 Å². The number of anilines is 1. The number of aromatic nitrogens is 2. The van der Waals surface area contributed by atoms with Crippen molar-refractivity contribution in [1.29, 1.82) is 0 Å². The number of hydrogen-bond donors (Lipinski definition) is 1. The Morgan fingerprint density at radius 1 is 1.42 bits per heavy atom. The van der Waals surface area contributed by atoms with E-state index in [9.17, 15) is 4.79 Å². The Kier molecular flexibility index (Phi) is 4.68. The van der Waals surface area contributed by atoms with E-state index < -0.39 is 0 Å². The fraction of sp³-hybridized carbons (Fsp3) is 0.615. The summed E-state index contributed by atoms with van der Waals surface area (Å²) in [5.41, 5.74) is 5.88. The van der Waals surface area contributed by atoms with E-state index in [1.54, 1.807) is 6.20 Å². The highest BCUT2D eigenvalue weighted by Crippen LogP contribution is 2.12. The van der Waals surface area contributed by atoms with Crippen molar-refractivity contribution in [2.45, 2.75) is 25.8 Å². The molecule has 19 heavy (non-hydrogen) atoms. The minimum atomic E-state index is -0.354. The van der Waals surface area contributed by atoms with Crippen LogP contribution < -0.4 is 10.6 Å². The van der Waals surface area contributed by atoms with Gasteiger partial charge >= 0.3 is 0 Å². The lowest BCUT2D eigenvalue weighted by atomic mass is 10.1. The van der Waals surface area contributed by atoms with Crippen LogP contribution in [0.4, 0.5) is 5.82 Å². The quantitative estimate of drug-likeness (QED) is 0.843. The van der Waals surface area contributed by atoms with E-state index in [2.05, 4.69) is 15.1 Å². The van der Waals surface area contributed by atoms with Crippen molar-refractivity contribution in [2.24, 2.45) is 5.73 Å². The molecule has 1 aromatic heterocycles. The number of carbonyl (C=O) groups is 1. The maximum atomic E-state index is 12.1. The van der Waals surface area contributed by atoms with E-state index in [-0.39, 0.29) is 11.9 Å². The molecule has 0 saturated carbocycles. The minimum absolute atomic E-state index is 0.0700. The molecule has 0 aliphatic carbocycles. The van der Waals surface area contributed by atoms with Crippen LogP contribution in [-0.2, 0) is 4.79 Å². The van der Waals surface area contributed by atoms with E-state index in [1.165, 1.54) is 0 Å². The van der Waals surface area contributed by atoms with Crippen molar-refractivity contribution in [3.8, 4) is 0 Å². The van der Waals surface area contributed by atoms with Gasteiger partial charge in [0, 0.05) is 32.4 Å². The van der Waals surface area contributed by atoms with Gasteiger partial charge in [0.1, 0.15) is 0 Å². The highest BCUT2D eigenvalue weighted by Gasteiger charge is 2.25. The Labute approximate surface area is 113 Å². The summed E-state index contributed by atoms with van der Waals surface area (Å²) in [6, 6.07) is 3.46. The molecule has 1 amide bonds. The molecule has 1 aromatic rings. The lowest BCUT2D eigenvalue weighted by Crippen LogP contribution is -2.53. The third kappa shape index (κ3) is 3.41. The molecule has 1 atom stereocenters. The summed E-state index contributed by atoms with van der Waals surface area (Å²) >= 11 is 0. The van der Waals surface area contributed by atoms with Crippen molar-refractivity contribution in [1.82, 2.24) is 15.1 Å². The van der Waals surface area contributed by atoms with Crippen LogP contribution in [0.2, 0.25) is 0 Å². The number of carbonyl (C=O) groups excluding carboxylic acids is 1. The van der Waals surface area contributed by atoms with Crippen LogP contribution in [0, 0.1) is 0 Å². The normalized spacial score (nSPS) is 17.4. The second kappa shape index (κ2) is 6.47. The molecule has 0 spiro atoms. The molecule has 0 radical (unpaired) electrons. The zero-order chi connectivity index (χ0) is 13.7. The molecule has 0 bridgehead atoms. The van der Waals surface area contributed by atoms with Crippen molar-refractivity contribution in [2.75, 3.05) is 31.1 Å². The van der Waals surface area contributed by atoms with Gasteiger partial charge in [-0.15, -0.1) is 5.10 Å². The largest absolute Gasteiger partial charge is 0.352 e. The Hall–Kier alpha value is -1.69. The first kappa shape index (κ1) is 13.7. The summed E-state index contributed by atoms with van der Waals surface area (Å²) in [6.07, 6.45) is 3.35. The fourth-order valence-corrected chi connectivity index (χ4v) is 2.29. The average Bonchev–Trinajstić information content (AvgIpc) is 2.48. The SMILES string of the molecule is CCCC(N)C(=O)N1CCN(c2cccnn2)CC1. The van der Waals surface area contributed by atoms with Crippen LogP contribution in [-0.4, -0.2) is 53.2 Å². The highest BCUT2D eigenvalue weighted by atomic mass is 16.2. The molecule has 0 aromatic carbocycles. The Balaban J connectivity index is 1.87. The van der Waals surface area contributed by atoms with Gasteiger partial charge < -0.3 is 15.5 Å². The zero-order valence-electron chi connectivity index (χ0n) is 11.3. The molecule has 2 heterocycles. The van der Waals surface area contributed by atoms with Gasteiger partial charge in [-0.05, 0) is 18.6 Å². The summed E-state index contributed by atoms with van der Waals surface area (Å²) in [5.74, 6) is 0.938. The van der Waals surface area contributed by atoms with Gasteiger partial charge in [0.2, 0.25) is 5.91 Å². The maximum absolute atomic E-state index is 12.1. The molecule has 1 aliphatic rings. The van der Waals surface area contributed by atoms with E-state index >= 15 is 0 Å². The lowest BCUT2D eigenvalue weighted by Gasteiger charge is -2.36. The standard InChI is InChI=1S/C13H21N5O/c1-2-4-11(14)13(19)18-9-7-17(8-10-18)12-5-3-6-15-16-12/h3,5-6,11H,2,4,7-10,14H2,1H3. The molecule has 1 aliphatic heterocycles. The molecule has 2 N–H and O–H groups in total. The third-order valence-corrected chi connectivity index (χ3v) is 3.39. The topological polar surface area (TPSA) is 75.4 Å². The molecule has 6 nitrogen and oxygen atoms in total. The number of hydrogen-bond acceptors (Lipinski definition) is 5. The summed E-state index contributed by atoms with van der Waals surface area (Å²) in [7, 11) is 0. The van der Waals surface area contributed by atoms with E-state index in [0.29, 0.717) is 13.1 Å². The van der Waals surface area contributed by atoms with Crippen LogP contribution in [0.5, 0.6) is 0 Å². The monoisotopic (exact) mass is 263 g/mol. The Bertz CT molecular complexity index is 403. The average molecular weight is 263 g/mol. The maximum Gasteiger partial charge on any atom is 0.239 e. The minimum Gasteiger partial charge on any atom is -0.352 e. The van der Waals surface area contributed by atoms with Gasteiger partial charge in [-0.2, -0.15) is 5.10 Å². The van der Waals surface area contributed by atoms with E-state index in [4.69, 9.17) is 5.73 Å². The molecule has 1 saturated heterocycles. The lowest BCUT2D eigenvalue weighted by molar-refractivity contribution is -0.133. The molecule has 104 valence electrons. The summed E-state index contributed by atoms with van der Waals surface area (Å²) in [4.78, 5) is 16.1. The van der Waals surface area contributed by atoms with Crippen molar-refractivity contribution >= 4 is 11.7 Å². The van der Waals surface area contributed by atoms with Gasteiger partial charge in [-0.1, -0.05) is 13.3 Å². The highest BCUT2D eigenvalue weighted by molar-refractivity contribution is 5.81. The van der Waals surface area contributed by atoms with Gasteiger partial charge in [-0.25, -0.2) is 0 Å². The van der Waals surface area contributed by atoms with Gasteiger partial charge in [0.25, 0.3) is 0 Å². The van der Waals surface area contributed by atoms with Crippen LogP contribution in [0.15, 0.2) is 18.3 Å². The van der Waals surface area contributed by atoms with Crippen LogP contribution in [0.1, 0.15) is 19.8 Å². The first-order chi connectivity index (χ1) is 9.22. The summed E-state index contributed by atoms with van der Waals surface area (Å²) in [5, 5.41) is 7.96. The number of rotatable bonds is 4. The fourth-order valence-electron chi connectivity index (χ4n) is 2.29. The first-order valence-corrected chi connectivity index (χ1v) is 6.79. The second-order valence-electron chi connectivity index (χ2n) is 4.79. The Morgan fingerprint density at radius 3 is 2.74 bits per heavy atom. The molecule has 2 rings (SSSR count). The smallest absolute Gasteiger partial charge is 0.239 e. The number of amides is 1. The number of nitrogens with two attached hydrogens (primary N) is 1. The predicted molar refractivity (Wildman–Crippen MR) is 73.7 cm³/mol. The van der Waals surface area contributed by atoms with Gasteiger partial charge in [-0.3, -0.25) is 4.79 Å². The molecule has 1 fully saturated rings. The first-order valence-electron chi connectivity index (χ1n) is 6.79. The molecular weight excluding hydrogens is 242 g/mol. The van der Waals surface area contributed by atoms with Crippen LogP contribution >= 0.6 is 0 Å². The van der Waals surface area contributed by atoms with Crippen molar-refractivity contribution < 1.29 is 4.79 Å². The predicted octanol–water partition coefficient (Wildman–Crippen LogP) is 0.253. The van der Waals surface area contributed by atoms with Crippen molar-refractivity contribution in [3.63, 3.8) is 0 Å². The summed E-state index contributed by atoms with van der Waals surface area (Å²) < 4.78 is 0. The van der Waals surface area contributed by atoms with Gasteiger partial charge in [0.05, 0.1) is 6.04 Å². The summed E-state index contributed by atoms with van der Waals surface area (Å²) in [6.45, 7) is 5.01. The number of piperazine rings is 1. The second-order valence-corrected chi connectivity index (χ2v) is 4.79. The number of nitrogens with zero attached hydrogens (tertiary/aromatic N) is 4.